The summed E-state index contributed by atoms with van der Waals surface area (Å²) in [5.74, 6) is -0.670. The number of carbonyl (C=O) groups is 2. The smallest absolute Gasteiger partial charge is 0.244 e. The molecule has 0 saturated carbocycles. The van der Waals surface area contributed by atoms with Gasteiger partial charge in [0, 0.05) is 19.0 Å². The SMILES string of the molecule is O=C1CN(C(=O)C2CCN(S(=O)(=O)Cc3ccccc3)CC2)c2ccccc2N1. The van der Waals surface area contributed by atoms with E-state index in [9.17, 15) is 18.0 Å². The maximum atomic E-state index is 13.1. The molecule has 0 aliphatic carbocycles. The van der Waals surface area contributed by atoms with Crippen molar-refractivity contribution in [3.05, 3.63) is 60.2 Å². The van der Waals surface area contributed by atoms with Crippen LogP contribution in [0.25, 0.3) is 0 Å². The molecule has 2 aliphatic heterocycles. The average molecular weight is 413 g/mol. The Labute approximate surface area is 170 Å². The number of para-hydroxylation sites is 2. The molecule has 2 heterocycles. The standard InChI is InChI=1S/C21H23N3O4S/c25-20-14-24(19-9-5-4-8-18(19)22-20)21(26)17-10-12-23(13-11-17)29(27,28)15-16-6-2-1-3-7-16/h1-9,17H,10-15H2,(H,22,25). The van der Waals surface area contributed by atoms with Crippen LogP contribution in [0.2, 0.25) is 0 Å². The van der Waals surface area contributed by atoms with Gasteiger partial charge in [-0.25, -0.2) is 12.7 Å². The fourth-order valence-corrected chi connectivity index (χ4v) is 5.47. The van der Waals surface area contributed by atoms with Gasteiger partial charge in [-0.3, -0.25) is 9.59 Å². The van der Waals surface area contributed by atoms with Crippen molar-refractivity contribution in [2.75, 3.05) is 29.9 Å². The molecular weight excluding hydrogens is 390 g/mol. The van der Waals surface area contributed by atoms with Crippen molar-refractivity contribution >= 4 is 33.2 Å². The Morgan fingerprint density at radius 1 is 1.00 bits per heavy atom. The Morgan fingerprint density at radius 2 is 1.66 bits per heavy atom. The first-order valence-corrected chi connectivity index (χ1v) is 11.3. The number of nitrogens with one attached hydrogen (secondary N) is 1. The lowest BCUT2D eigenvalue weighted by Crippen LogP contribution is -2.48. The van der Waals surface area contributed by atoms with Crippen LogP contribution in [0.4, 0.5) is 11.4 Å². The summed E-state index contributed by atoms with van der Waals surface area (Å²) in [6, 6.07) is 16.3. The minimum absolute atomic E-state index is 0.0115. The molecule has 0 aromatic heterocycles. The summed E-state index contributed by atoms with van der Waals surface area (Å²) in [4.78, 5) is 26.6. The number of fused-ring (bicyclic) bond motifs is 1. The lowest BCUT2D eigenvalue weighted by Gasteiger charge is -2.35. The zero-order valence-corrected chi connectivity index (χ0v) is 16.8. The number of rotatable bonds is 4. The topological polar surface area (TPSA) is 86.8 Å². The Hall–Kier alpha value is -2.71. The van der Waals surface area contributed by atoms with E-state index < -0.39 is 10.0 Å². The monoisotopic (exact) mass is 413 g/mol. The number of nitrogens with zero attached hydrogens (tertiary/aromatic N) is 2. The van der Waals surface area contributed by atoms with Crippen LogP contribution in [0.15, 0.2) is 54.6 Å². The third kappa shape index (κ3) is 4.18. The Balaban J connectivity index is 1.42. The molecule has 2 aromatic rings. The first kappa shape index (κ1) is 19.6. The van der Waals surface area contributed by atoms with E-state index in [4.69, 9.17) is 0 Å². The summed E-state index contributed by atoms with van der Waals surface area (Å²) >= 11 is 0. The number of piperidine rings is 1. The minimum Gasteiger partial charge on any atom is -0.323 e. The van der Waals surface area contributed by atoms with Crippen molar-refractivity contribution < 1.29 is 18.0 Å². The van der Waals surface area contributed by atoms with Gasteiger partial charge in [0.1, 0.15) is 6.54 Å². The predicted octanol–water partition coefficient (Wildman–Crippen LogP) is 2.21. The van der Waals surface area contributed by atoms with Gasteiger partial charge in [0.2, 0.25) is 21.8 Å². The highest BCUT2D eigenvalue weighted by molar-refractivity contribution is 7.88. The van der Waals surface area contributed by atoms with E-state index in [1.165, 1.54) is 9.21 Å². The van der Waals surface area contributed by atoms with E-state index in [1.54, 1.807) is 18.2 Å². The summed E-state index contributed by atoms with van der Waals surface area (Å²) in [6.07, 6.45) is 0.903. The molecular formula is C21H23N3O4S. The Kier molecular flexibility index (Phi) is 5.38. The second-order valence-electron chi connectivity index (χ2n) is 7.40. The molecule has 7 nitrogen and oxygen atoms in total. The van der Waals surface area contributed by atoms with Gasteiger partial charge < -0.3 is 10.2 Å². The van der Waals surface area contributed by atoms with Crippen LogP contribution < -0.4 is 10.2 Å². The zero-order chi connectivity index (χ0) is 20.4. The summed E-state index contributed by atoms with van der Waals surface area (Å²) < 4.78 is 26.9. The van der Waals surface area contributed by atoms with Crippen LogP contribution in [0, 0.1) is 5.92 Å². The molecule has 0 unspecified atom stereocenters. The van der Waals surface area contributed by atoms with E-state index >= 15 is 0 Å². The van der Waals surface area contributed by atoms with E-state index in [0.717, 1.165) is 5.56 Å². The molecule has 1 saturated heterocycles. The highest BCUT2D eigenvalue weighted by Crippen LogP contribution is 2.32. The quantitative estimate of drug-likeness (QED) is 0.833. The summed E-state index contributed by atoms with van der Waals surface area (Å²) in [5.41, 5.74) is 2.07. The van der Waals surface area contributed by atoms with Crippen molar-refractivity contribution in [2.45, 2.75) is 18.6 Å². The van der Waals surface area contributed by atoms with E-state index in [1.807, 2.05) is 36.4 Å². The maximum absolute atomic E-state index is 13.1. The highest BCUT2D eigenvalue weighted by atomic mass is 32.2. The third-order valence-electron chi connectivity index (χ3n) is 5.43. The molecule has 0 atom stereocenters. The molecule has 1 fully saturated rings. The van der Waals surface area contributed by atoms with Gasteiger partial charge in [-0.2, -0.15) is 0 Å². The molecule has 0 bridgehead atoms. The fourth-order valence-electron chi connectivity index (χ4n) is 3.91. The molecule has 2 aromatic carbocycles. The minimum atomic E-state index is -3.42. The second-order valence-corrected chi connectivity index (χ2v) is 9.37. The zero-order valence-electron chi connectivity index (χ0n) is 16.0. The molecule has 152 valence electrons. The number of hydrogen-bond acceptors (Lipinski definition) is 4. The van der Waals surface area contributed by atoms with Crippen LogP contribution in [0.1, 0.15) is 18.4 Å². The Bertz CT molecular complexity index is 1020. The average Bonchev–Trinajstić information content (AvgIpc) is 2.73. The Morgan fingerprint density at radius 3 is 2.38 bits per heavy atom. The fraction of sp³-hybridized carbons (Fsp3) is 0.333. The van der Waals surface area contributed by atoms with Gasteiger partial charge in [0.05, 0.1) is 17.1 Å². The third-order valence-corrected chi connectivity index (χ3v) is 7.28. The lowest BCUT2D eigenvalue weighted by molar-refractivity contribution is -0.125. The highest BCUT2D eigenvalue weighted by Gasteiger charge is 2.35. The number of benzene rings is 2. The summed E-state index contributed by atoms with van der Waals surface area (Å²) in [5, 5.41) is 2.78. The van der Waals surface area contributed by atoms with Gasteiger partial charge in [-0.05, 0) is 30.5 Å². The number of sulfonamides is 1. The molecule has 2 aliphatic rings. The molecule has 29 heavy (non-hydrogen) atoms. The number of carbonyl (C=O) groups excluding carboxylic acids is 2. The van der Waals surface area contributed by atoms with Crippen LogP contribution in [-0.4, -0.2) is 44.2 Å². The summed E-state index contributed by atoms with van der Waals surface area (Å²) in [6.45, 7) is 0.614. The van der Waals surface area contributed by atoms with Crippen molar-refractivity contribution in [1.82, 2.24) is 4.31 Å². The molecule has 0 spiro atoms. The van der Waals surface area contributed by atoms with Crippen LogP contribution in [0.5, 0.6) is 0 Å². The van der Waals surface area contributed by atoms with Crippen molar-refractivity contribution in [1.29, 1.82) is 0 Å². The van der Waals surface area contributed by atoms with Crippen LogP contribution in [0.3, 0.4) is 0 Å². The largest absolute Gasteiger partial charge is 0.323 e. The normalized spacial score (nSPS) is 18.2. The van der Waals surface area contributed by atoms with Gasteiger partial charge in [0.15, 0.2) is 0 Å². The maximum Gasteiger partial charge on any atom is 0.244 e. The number of anilines is 2. The van der Waals surface area contributed by atoms with Gasteiger partial charge in [-0.15, -0.1) is 0 Å². The van der Waals surface area contributed by atoms with E-state index in [2.05, 4.69) is 5.32 Å². The second kappa shape index (κ2) is 7.96. The van der Waals surface area contributed by atoms with Crippen LogP contribution >= 0.6 is 0 Å². The van der Waals surface area contributed by atoms with Crippen molar-refractivity contribution in [3.63, 3.8) is 0 Å². The number of hydrogen-bond donors (Lipinski definition) is 1. The number of amides is 2. The summed E-state index contributed by atoms with van der Waals surface area (Å²) in [7, 11) is -3.42. The first-order chi connectivity index (χ1) is 13.9. The van der Waals surface area contributed by atoms with Crippen LogP contribution in [-0.2, 0) is 25.4 Å². The van der Waals surface area contributed by atoms with E-state index in [0.29, 0.717) is 37.3 Å². The van der Waals surface area contributed by atoms with Gasteiger partial charge in [-0.1, -0.05) is 42.5 Å². The van der Waals surface area contributed by atoms with Gasteiger partial charge in [0.25, 0.3) is 0 Å². The van der Waals surface area contributed by atoms with Crippen molar-refractivity contribution in [2.24, 2.45) is 5.92 Å². The van der Waals surface area contributed by atoms with E-state index in [-0.39, 0.29) is 30.0 Å². The van der Waals surface area contributed by atoms with Crippen molar-refractivity contribution in [3.8, 4) is 0 Å². The lowest BCUT2D eigenvalue weighted by atomic mass is 9.95. The molecule has 4 rings (SSSR count). The molecule has 8 heteroatoms. The van der Waals surface area contributed by atoms with Gasteiger partial charge >= 0.3 is 0 Å². The first-order valence-electron chi connectivity index (χ1n) is 9.66. The molecule has 2 amide bonds. The molecule has 0 radical (unpaired) electrons. The predicted molar refractivity (Wildman–Crippen MR) is 111 cm³/mol. The molecule has 1 N–H and O–H groups in total.